The molecule has 0 rings (SSSR count). The Hall–Kier alpha value is -0.950. The van der Waals surface area contributed by atoms with E-state index in [2.05, 4.69) is 18.4 Å². The van der Waals surface area contributed by atoms with Crippen LogP contribution in [-0.2, 0) is 32.7 Å². The van der Waals surface area contributed by atoms with E-state index < -0.39 is 19.9 Å². The number of carbonyl (C=O) groups excluding carboxylic acids is 2. The van der Waals surface area contributed by atoms with Crippen molar-refractivity contribution in [1.29, 1.82) is 0 Å². The summed E-state index contributed by atoms with van der Waals surface area (Å²) in [7, 11) is -3.19. The van der Waals surface area contributed by atoms with Crippen LogP contribution in [0.25, 0.3) is 0 Å². The van der Waals surface area contributed by atoms with Crippen LogP contribution in [0.4, 0.5) is 0 Å². The van der Waals surface area contributed by atoms with E-state index in [4.69, 9.17) is 14.0 Å². The van der Waals surface area contributed by atoms with Gasteiger partial charge in [0, 0.05) is 20.0 Å². The Balaban J connectivity index is 3.84. The highest BCUT2D eigenvalue weighted by atomic mass is 31.2. The van der Waals surface area contributed by atoms with Crippen LogP contribution in [-0.4, -0.2) is 43.3 Å². The number of ether oxygens (including phenoxy) is 2. The van der Waals surface area contributed by atoms with Gasteiger partial charge in [-0.3, -0.25) is 18.6 Å². The normalized spacial score (nSPS) is 13.1. The predicted molar refractivity (Wildman–Crippen MR) is 244 cm³/mol. The molecule has 1 N–H and O–H groups in total. The van der Waals surface area contributed by atoms with Crippen LogP contribution in [0.1, 0.15) is 277 Å². The van der Waals surface area contributed by atoms with Gasteiger partial charge >= 0.3 is 19.8 Å². The van der Waals surface area contributed by atoms with Gasteiger partial charge in [-0.1, -0.05) is 251 Å². The Morgan fingerprint density at radius 1 is 0.414 bits per heavy atom. The summed E-state index contributed by atoms with van der Waals surface area (Å²) in [5, 5.41) is 0. The minimum absolute atomic E-state index is 0.216. The summed E-state index contributed by atoms with van der Waals surface area (Å²) < 4.78 is 32.1. The maximum Gasteiger partial charge on any atom is 0.472 e. The minimum Gasteiger partial charge on any atom is -0.462 e. The topological polar surface area (TPSA) is 108 Å². The van der Waals surface area contributed by atoms with Crippen molar-refractivity contribution in [3.05, 3.63) is 0 Å². The molecule has 0 aliphatic heterocycles. The molecule has 0 radical (unpaired) electrons. The summed E-state index contributed by atoms with van der Waals surface area (Å²) in [4.78, 5) is 34.6. The molecule has 346 valence electrons. The molecule has 0 heterocycles. The first kappa shape index (κ1) is 57.1. The molecule has 0 saturated heterocycles. The van der Waals surface area contributed by atoms with Crippen LogP contribution in [0.5, 0.6) is 0 Å². The monoisotopic (exact) mass is 845 g/mol. The summed E-state index contributed by atoms with van der Waals surface area (Å²) >= 11 is 0. The second-order valence-corrected chi connectivity index (χ2v) is 18.9. The lowest BCUT2D eigenvalue weighted by Gasteiger charge is -2.19. The molecule has 0 aliphatic carbocycles. The Morgan fingerprint density at radius 3 is 0.948 bits per heavy atom. The molecular formula is C49H97O8P. The summed E-state index contributed by atoms with van der Waals surface area (Å²) in [5.74, 6) is -0.781. The lowest BCUT2D eigenvalue weighted by molar-refractivity contribution is -0.161. The Labute approximate surface area is 359 Å². The lowest BCUT2D eigenvalue weighted by atomic mass is 10.0. The van der Waals surface area contributed by atoms with Gasteiger partial charge in [0.1, 0.15) is 6.61 Å². The van der Waals surface area contributed by atoms with Gasteiger partial charge in [0.15, 0.2) is 6.10 Å². The lowest BCUT2D eigenvalue weighted by Crippen LogP contribution is -2.29. The van der Waals surface area contributed by atoms with Crippen molar-refractivity contribution in [3.8, 4) is 0 Å². The number of esters is 2. The number of hydrogen-bond acceptors (Lipinski definition) is 7. The molecule has 0 aromatic carbocycles. The molecule has 0 bridgehead atoms. The second-order valence-electron chi connectivity index (χ2n) is 17.3. The van der Waals surface area contributed by atoms with Crippen molar-refractivity contribution < 1.29 is 37.6 Å². The molecule has 0 aromatic heterocycles. The van der Waals surface area contributed by atoms with E-state index in [0.29, 0.717) is 6.42 Å². The summed E-state index contributed by atoms with van der Waals surface area (Å²) in [6, 6.07) is 0. The summed E-state index contributed by atoms with van der Waals surface area (Å²) in [5.41, 5.74) is 0. The largest absolute Gasteiger partial charge is 0.472 e. The van der Waals surface area contributed by atoms with Crippen molar-refractivity contribution in [2.75, 3.05) is 20.3 Å². The molecule has 8 nitrogen and oxygen atoms in total. The first-order valence-electron chi connectivity index (χ1n) is 25.2. The number of carbonyl (C=O) groups is 2. The number of hydrogen-bond donors (Lipinski definition) is 1. The quantitative estimate of drug-likeness (QED) is 0.0366. The van der Waals surface area contributed by atoms with Gasteiger partial charge in [-0.2, -0.15) is 0 Å². The number of rotatable bonds is 48. The van der Waals surface area contributed by atoms with Crippen molar-refractivity contribution in [2.24, 2.45) is 0 Å². The molecule has 58 heavy (non-hydrogen) atoms. The zero-order valence-electron chi connectivity index (χ0n) is 38.7. The van der Waals surface area contributed by atoms with E-state index in [1.807, 2.05) is 0 Å². The Morgan fingerprint density at radius 2 is 0.672 bits per heavy atom. The van der Waals surface area contributed by atoms with E-state index in [0.717, 1.165) is 45.6 Å². The van der Waals surface area contributed by atoms with E-state index in [1.165, 1.54) is 212 Å². The first-order valence-corrected chi connectivity index (χ1v) is 26.7. The SMILES string of the molecule is CCCCCCCCCCCCCCCCCCCCCCCCC(=O)OC(COC(=O)CCCCCCCCCCCCCCCCCCC)COP(=O)(O)OC. The fourth-order valence-corrected chi connectivity index (χ4v) is 8.18. The van der Waals surface area contributed by atoms with E-state index in [-0.39, 0.29) is 25.6 Å². The zero-order chi connectivity index (χ0) is 42.5. The third kappa shape index (κ3) is 44.6. The van der Waals surface area contributed by atoms with Crippen molar-refractivity contribution >= 4 is 19.8 Å². The molecule has 0 aliphatic rings. The highest BCUT2D eigenvalue weighted by Gasteiger charge is 2.24. The third-order valence-electron chi connectivity index (χ3n) is 11.6. The molecule has 0 fully saturated rings. The highest BCUT2D eigenvalue weighted by Crippen LogP contribution is 2.42. The number of unbranched alkanes of at least 4 members (excludes halogenated alkanes) is 37. The van der Waals surface area contributed by atoms with Gasteiger partial charge in [0.25, 0.3) is 0 Å². The van der Waals surface area contributed by atoms with Crippen LogP contribution in [0.15, 0.2) is 0 Å². The molecule has 0 saturated carbocycles. The van der Waals surface area contributed by atoms with Gasteiger partial charge in [0.2, 0.25) is 0 Å². The second kappa shape index (κ2) is 45.6. The van der Waals surface area contributed by atoms with Crippen LogP contribution < -0.4 is 0 Å². The molecule has 0 spiro atoms. The van der Waals surface area contributed by atoms with Crippen molar-refractivity contribution in [2.45, 2.75) is 283 Å². The number of phosphoric acid groups is 1. The van der Waals surface area contributed by atoms with Crippen molar-refractivity contribution in [1.82, 2.24) is 0 Å². The van der Waals surface area contributed by atoms with Gasteiger partial charge in [-0.05, 0) is 12.8 Å². The molecule has 2 unspecified atom stereocenters. The Kier molecular flexibility index (Phi) is 44.8. The maximum atomic E-state index is 12.6. The smallest absolute Gasteiger partial charge is 0.462 e. The van der Waals surface area contributed by atoms with Gasteiger partial charge < -0.3 is 14.4 Å². The molecule has 0 aromatic rings. The van der Waals surface area contributed by atoms with Crippen LogP contribution in [0.2, 0.25) is 0 Å². The van der Waals surface area contributed by atoms with Gasteiger partial charge in [-0.25, -0.2) is 4.57 Å². The van der Waals surface area contributed by atoms with Crippen LogP contribution >= 0.6 is 7.82 Å². The summed E-state index contributed by atoms with van der Waals surface area (Å²) in [6.45, 7) is 3.95. The van der Waals surface area contributed by atoms with Crippen LogP contribution in [0, 0.1) is 0 Å². The standard InChI is InChI=1S/C49H97O8P/c1-4-6-8-10-12-14-16-18-20-22-23-24-25-26-28-30-32-34-36-38-40-42-44-49(51)57-47(46-56-58(52,53)54-3)45-55-48(50)43-41-39-37-35-33-31-29-27-21-19-17-15-13-11-9-7-5-2/h47H,4-46H2,1-3H3,(H,52,53). The molecular weight excluding hydrogens is 748 g/mol. The van der Waals surface area contributed by atoms with E-state index >= 15 is 0 Å². The fraction of sp³-hybridized carbons (Fsp3) is 0.959. The van der Waals surface area contributed by atoms with Gasteiger partial charge in [0.05, 0.1) is 6.61 Å². The molecule has 9 heteroatoms. The zero-order valence-corrected chi connectivity index (χ0v) is 39.6. The van der Waals surface area contributed by atoms with Crippen molar-refractivity contribution in [3.63, 3.8) is 0 Å². The average molecular weight is 845 g/mol. The third-order valence-corrected chi connectivity index (χ3v) is 12.5. The number of phosphoric ester groups is 1. The predicted octanol–water partition coefficient (Wildman–Crippen LogP) is 16.2. The maximum absolute atomic E-state index is 12.6. The first-order chi connectivity index (χ1) is 28.3. The molecule has 0 amide bonds. The highest BCUT2D eigenvalue weighted by molar-refractivity contribution is 7.47. The average Bonchev–Trinajstić information content (AvgIpc) is 3.21. The van der Waals surface area contributed by atoms with E-state index in [1.54, 1.807) is 0 Å². The Bertz CT molecular complexity index is 915. The summed E-state index contributed by atoms with van der Waals surface area (Å²) in [6.07, 6.45) is 50.2. The van der Waals surface area contributed by atoms with E-state index in [9.17, 15) is 19.0 Å². The van der Waals surface area contributed by atoms with Gasteiger partial charge in [-0.15, -0.1) is 0 Å². The molecule has 2 atom stereocenters. The van der Waals surface area contributed by atoms with Crippen LogP contribution in [0.3, 0.4) is 0 Å². The fourth-order valence-electron chi connectivity index (χ4n) is 7.72. The minimum atomic E-state index is -4.26.